The van der Waals surface area contributed by atoms with E-state index in [2.05, 4.69) is 5.32 Å². The Balaban J connectivity index is 2.06. The number of nitrogens with one attached hydrogen (secondary N) is 1. The highest BCUT2D eigenvalue weighted by Gasteiger charge is 2.14. The van der Waals surface area contributed by atoms with Crippen LogP contribution < -0.4 is 5.32 Å². The van der Waals surface area contributed by atoms with Gasteiger partial charge < -0.3 is 10.4 Å². The Bertz CT molecular complexity index is 598. The van der Waals surface area contributed by atoms with Gasteiger partial charge in [-0.15, -0.1) is 11.3 Å². The van der Waals surface area contributed by atoms with Gasteiger partial charge in [0.25, 0.3) is 5.91 Å². The van der Waals surface area contributed by atoms with Crippen LogP contribution in [0.2, 0.25) is 8.67 Å². The molecule has 19 heavy (non-hydrogen) atoms. The van der Waals surface area contributed by atoms with Crippen molar-refractivity contribution in [3.8, 4) is 0 Å². The number of rotatable bonds is 4. The molecular formula is C13H11Cl2NO2S. The summed E-state index contributed by atoms with van der Waals surface area (Å²) < 4.78 is 0.851. The summed E-state index contributed by atoms with van der Waals surface area (Å²) in [5.74, 6) is -0.277. The Morgan fingerprint density at radius 2 is 1.95 bits per heavy atom. The molecule has 0 aliphatic rings. The first kappa shape index (κ1) is 14.3. The third-order valence-electron chi connectivity index (χ3n) is 2.63. The molecule has 1 aromatic heterocycles. The quantitative estimate of drug-likeness (QED) is 0.907. The summed E-state index contributed by atoms with van der Waals surface area (Å²) in [6, 6.07) is 8.91. The summed E-state index contributed by atoms with van der Waals surface area (Å²) in [5, 5.41) is 12.0. The lowest BCUT2D eigenvalue weighted by Crippen LogP contribution is -2.23. The van der Waals surface area contributed by atoms with Crippen molar-refractivity contribution in [3.05, 3.63) is 55.7 Å². The van der Waals surface area contributed by atoms with Crippen molar-refractivity contribution >= 4 is 40.4 Å². The topological polar surface area (TPSA) is 49.3 Å². The van der Waals surface area contributed by atoms with Gasteiger partial charge in [0.2, 0.25) is 0 Å². The molecule has 2 N–H and O–H groups in total. The van der Waals surface area contributed by atoms with Crippen molar-refractivity contribution < 1.29 is 9.90 Å². The molecule has 0 saturated heterocycles. The molecule has 0 bridgehead atoms. The van der Waals surface area contributed by atoms with Gasteiger partial charge in [-0.25, -0.2) is 0 Å². The Morgan fingerprint density at radius 1 is 1.26 bits per heavy atom. The van der Waals surface area contributed by atoms with Crippen LogP contribution in [-0.2, 0) is 13.2 Å². The lowest BCUT2D eigenvalue weighted by atomic mass is 10.1. The highest BCUT2D eigenvalue weighted by atomic mass is 35.5. The zero-order chi connectivity index (χ0) is 13.8. The standard InChI is InChI=1S/C13H11Cl2NO2S/c14-11-5-10(12(15)19-11)13(18)16-6-8-3-1-2-4-9(8)7-17/h1-5,17H,6-7H2,(H,16,18). The second-order valence-corrected chi connectivity index (χ2v) is 6.13. The first-order valence-corrected chi connectivity index (χ1v) is 7.09. The van der Waals surface area contributed by atoms with E-state index in [1.165, 1.54) is 0 Å². The van der Waals surface area contributed by atoms with Gasteiger partial charge in [0.1, 0.15) is 4.34 Å². The fourth-order valence-corrected chi connectivity index (χ4v) is 3.11. The van der Waals surface area contributed by atoms with Gasteiger partial charge in [-0.3, -0.25) is 4.79 Å². The Hall–Kier alpha value is -1.07. The molecule has 0 unspecified atom stereocenters. The molecule has 6 heteroatoms. The molecule has 1 heterocycles. The van der Waals surface area contributed by atoms with Crippen LogP contribution in [-0.4, -0.2) is 11.0 Å². The molecule has 3 nitrogen and oxygen atoms in total. The first-order valence-electron chi connectivity index (χ1n) is 5.52. The lowest BCUT2D eigenvalue weighted by Gasteiger charge is -2.08. The molecule has 0 aliphatic carbocycles. The van der Waals surface area contributed by atoms with E-state index in [4.69, 9.17) is 23.2 Å². The molecule has 2 aromatic rings. The third-order valence-corrected chi connectivity index (χ3v) is 4.12. The Kier molecular flexibility index (Phi) is 4.82. The van der Waals surface area contributed by atoms with Gasteiger partial charge in [-0.05, 0) is 17.2 Å². The molecular weight excluding hydrogens is 305 g/mol. The molecule has 100 valence electrons. The minimum Gasteiger partial charge on any atom is -0.392 e. The van der Waals surface area contributed by atoms with Crippen LogP contribution >= 0.6 is 34.5 Å². The fraction of sp³-hybridized carbons (Fsp3) is 0.154. The van der Waals surface area contributed by atoms with Gasteiger partial charge in [-0.1, -0.05) is 47.5 Å². The van der Waals surface area contributed by atoms with E-state index in [0.717, 1.165) is 22.5 Å². The van der Waals surface area contributed by atoms with Crippen LogP contribution in [0.5, 0.6) is 0 Å². The predicted octanol–water partition coefficient (Wildman–Crippen LogP) is 3.48. The minimum atomic E-state index is -0.277. The van der Waals surface area contributed by atoms with Crippen LogP contribution in [0.4, 0.5) is 0 Å². The van der Waals surface area contributed by atoms with E-state index < -0.39 is 0 Å². The smallest absolute Gasteiger partial charge is 0.253 e. The summed E-state index contributed by atoms with van der Waals surface area (Å²) in [5.41, 5.74) is 2.03. The van der Waals surface area contributed by atoms with E-state index in [1.807, 2.05) is 24.3 Å². The maximum absolute atomic E-state index is 11.9. The van der Waals surface area contributed by atoms with Gasteiger partial charge in [0, 0.05) is 6.54 Å². The lowest BCUT2D eigenvalue weighted by molar-refractivity contribution is 0.0951. The summed E-state index contributed by atoms with van der Waals surface area (Å²) in [6.07, 6.45) is 0. The number of carbonyl (C=O) groups is 1. The van der Waals surface area contributed by atoms with Crippen LogP contribution in [0.1, 0.15) is 21.5 Å². The molecule has 0 atom stereocenters. The number of carbonyl (C=O) groups excluding carboxylic acids is 1. The van der Waals surface area contributed by atoms with Gasteiger partial charge in [-0.2, -0.15) is 0 Å². The second kappa shape index (κ2) is 6.39. The zero-order valence-corrected chi connectivity index (χ0v) is 12.1. The van der Waals surface area contributed by atoms with Gasteiger partial charge in [0.15, 0.2) is 0 Å². The number of thiophene rings is 1. The van der Waals surface area contributed by atoms with Crippen molar-refractivity contribution in [3.63, 3.8) is 0 Å². The van der Waals surface area contributed by atoms with E-state index >= 15 is 0 Å². The number of aliphatic hydroxyl groups excluding tert-OH is 1. The summed E-state index contributed by atoms with van der Waals surface area (Å²) in [6.45, 7) is 0.274. The van der Waals surface area contributed by atoms with Crippen LogP contribution in [0, 0.1) is 0 Å². The normalized spacial score (nSPS) is 10.5. The summed E-state index contributed by atoms with van der Waals surface area (Å²) in [7, 11) is 0. The number of amides is 1. The molecule has 1 aromatic carbocycles. The third kappa shape index (κ3) is 3.48. The molecule has 0 saturated carbocycles. The van der Waals surface area contributed by atoms with Crippen molar-refractivity contribution in [2.45, 2.75) is 13.2 Å². The highest BCUT2D eigenvalue weighted by molar-refractivity contribution is 7.20. The summed E-state index contributed by atoms with van der Waals surface area (Å²) >= 11 is 12.9. The number of hydrogen-bond donors (Lipinski definition) is 2. The predicted molar refractivity (Wildman–Crippen MR) is 77.9 cm³/mol. The van der Waals surface area contributed by atoms with Crippen molar-refractivity contribution in [2.75, 3.05) is 0 Å². The molecule has 0 spiro atoms. The van der Waals surface area contributed by atoms with Crippen molar-refractivity contribution in [1.82, 2.24) is 5.32 Å². The highest BCUT2D eigenvalue weighted by Crippen LogP contribution is 2.31. The largest absolute Gasteiger partial charge is 0.392 e. The first-order chi connectivity index (χ1) is 9.11. The molecule has 2 rings (SSSR count). The van der Waals surface area contributed by atoms with Gasteiger partial charge in [0.05, 0.1) is 16.5 Å². The maximum Gasteiger partial charge on any atom is 0.253 e. The van der Waals surface area contributed by atoms with E-state index in [1.54, 1.807) is 6.07 Å². The summed E-state index contributed by atoms with van der Waals surface area (Å²) in [4.78, 5) is 11.9. The van der Waals surface area contributed by atoms with Crippen molar-refractivity contribution in [2.24, 2.45) is 0 Å². The zero-order valence-electron chi connectivity index (χ0n) is 9.82. The molecule has 0 radical (unpaired) electrons. The number of aliphatic hydroxyl groups is 1. The van der Waals surface area contributed by atoms with Crippen LogP contribution in [0.25, 0.3) is 0 Å². The van der Waals surface area contributed by atoms with Gasteiger partial charge >= 0.3 is 0 Å². The van der Waals surface area contributed by atoms with E-state index in [0.29, 0.717) is 20.8 Å². The second-order valence-electron chi connectivity index (χ2n) is 3.85. The van der Waals surface area contributed by atoms with E-state index in [-0.39, 0.29) is 12.5 Å². The Morgan fingerprint density at radius 3 is 2.53 bits per heavy atom. The average molecular weight is 316 g/mol. The fourth-order valence-electron chi connectivity index (χ4n) is 1.65. The minimum absolute atomic E-state index is 0.0585. The molecule has 0 fully saturated rings. The number of hydrogen-bond acceptors (Lipinski definition) is 3. The van der Waals surface area contributed by atoms with Crippen molar-refractivity contribution in [1.29, 1.82) is 0 Å². The number of benzene rings is 1. The van der Waals surface area contributed by atoms with Crippen LogP contribution in [0.15, 0.2) is 30.3 Å². The van der Waals surface area contributed by atoms with E-state index in [9.17, 15) is 9.90 Å². The monoisotopic (exact) mass is 315 g/mol. The molecule has 0 aliphatic heterocycles. The number of halogens is 2. The maximum atomic E-state index is 11.9. The van der Waals surface area contributed by atoms with Crippen LogP contribution in [0.3, 0.4) is 0 Å². The Labute approximate surface area is 124 Å². The molecule has 1 amide bonds. The SMILES string of the molecule is O=C(NCc1ccccc1CO)c1cc(Cl)sc1Cl. The average Bonchev–Trinajstić information content (AvgIpc) is 2.75.